The van der Waals surface area contributed by atoms with Gasteiger partial charge in [-0.3, -0.25) is 0 Å². The molecule has 3 heteroatoms. The average Bonchev–Trinajstić information content (AvgIpc) is 2.62. The molecule has 0 spiro atoms. The molecule has 2 rings (SSSR count). The maximum Gasteiger partial charge on any atom is 0.161 e. The molecule has 26 heavy (non-hydrogen) atoms. The fourth-order valence-electron chi connectivity index (χ4n) is 2.74. The van der Waals surface area contributed by atoms with Crippen LogP contribution in [0.25, 0.3) is 0 Å². The molecule has 0 saturated carbocycles. The molecule has 0 heterocycles. The Hall–Kier alpha value is -2.00. The smallest absolute Gasteiger partial charge is 0.161 e. The number of nitrogens with one attached hydrogen (secondary N) is 1. The van der Waals surface area contributed by atoms with Gasteiger partial charge in [0.25, 0.3) is 0 Å². The van der Waals surface area contributed by atoms with Crippen molar-refractivity contribution in [3.8, 4) is 11.5 Å². The van der Waals surface area contributed by atoms with Gasteiger partial charge in [0.15, 0.2) is 11.5 Å². The molecule has 0 aliphatic carbocycles. The second kappa shape index (κ2) is 9.63. The molecule has 0 unspecified atom stereocenters. The zero-order valence-corrected chi connectivity index (χ0v) is 16.9. The zero-order valence-electron chi connectivity index (χ0n) is 16.9. The van der Waals surface area contributed by atoms with Gasteiger partial charge in [-0.25, -0.2) is 0 Å². The average molecular weight is 356 g/mol. The van der Waals surface area contributed by atoms with Crippen LogP contribution in [0.15, 0.2) is 42.5 Å². The number of methoxy groups -OCH3 is 1. The topological polar surface area (TPSA) is 30.5 Å². The molecular weight excluding hydrogens is 322 g/mol. The fourth-order valence-corrected chi connectivity index (χ4v) is 2.74. The van der Waals surface area contributed by atoms with Gasteiger partial charge in [-0.05, 0) is 40.7 Å². The third-order valence-electron chi connectivity index (χ3n) is 4.46. The van der Waals surface area contributed by atoms with Gasteiger partial charge < -0.3 is 14.8 Å². The second-order valence-corrected chi connectivity index (χ2v) is 7.74. The Kier molecular flexibility index (Phi) is 7.52. The number of unbranched alkanes of at least 4 members (excludes halogenated alkanes) is 1. The summed E-state index contributed by atoms with van der Waals surface area (Å²) in [4.78, 5) is 0. The largest absolute Gasteiger partial charge is 0.493 e. The summed E-state index contributed by atoms with van der Waals surface area (Å²) < 4.78 is 11.3. The lowest BCUT2D eigenvalue weighted by Crippen LogP contribution is -2.14. The van der Waals surface area contributed by atoms with E-state index >= 15 is 0 Å². The van der Waals surface area contributed by atoms with E-state index in [4.69, 9.17) is 9.47 Å². The molecule has 0 bridgehead atoms. The van der Waals surface area contributed by atoms with Crippen LogP contribution in [-0.2, 0) is 18.5 Å². The van der Waals surface area contributed by atoms with Gasteiger partial charge >= 0.3 is 0 Å². The molecule has 1 N–H and O–H groups in total. The zero-order chi connectivity index (χ0) is 19.0. The van der Waals surface area contributed by atoms with Crippen LogP contribution in [0.2, 0.25) is 0 Å². The van der Waals surface area contributed by atoms with Gasteiger partial charge in [-0.1, -0.05) is 64.4 Å². The molecule has 0 aliphatic rings. The lowest BCUT2D eigenvalue weighted by atomic mass is 9.87. The first-order chi connectivity index (χ1) is 12.4. The highest BCUT2D eigenvalue weighted by atomic mass is 16.5. The second-order valence-electron chi connectivity index (χ2n) is 7.74. The van der Waals surface area contributed by atoms with Crippen LogP contribution in [0.5, 0.6) is 11.5 Å². The summed E-state index contributed by atoms with van der Waals surface area (Å²) in [5.74, 6) is 1.62. The summed E-state index contributed by atoms with van der Waals surface area (Å²) in [6, 6.07) is 15.0. The Morgan fingerprint density at radius 2 is 1.54 bits per heavy atom. The summed E-state index contributed by atoms with van der Waals surface area (Å²) in [5, 5.41) is 3.50. The highest BCUT2D eigenvalue weighted by Gasteiger charge is 2.12. The standard InChI is InChI=1S/C23H33NO2/c1-6-7-14-26-21-13-10-19(15-22(21)25-5)17-24-16-18-8-11-20(12-9-18)23(2,3)4/h8-13,15,24H,6-7,14,16-17H2,1-5H3. The van der Waals surface area contributed by atoms with Crippen LogP contribution in [0.3, 0.4) is 0 Å². The molecule has 0 saturated heterocycles. The molecule has 0 aromatic heterocycles. The van der Waals surface area contributed by atoms with Crippen LogP contribution < -0.4 is 14.8 Å². The van der Waals surface area contributed by atoms with Crippen molar-refractivity contribution in [1.82, 2.24) is 5.32 Å². The van der Waals surface area contributed by atoms with E-state index < -0.39 is 0 Å². The van der Waals surface area contributed by atoms with Crippen molar-refractivity contribution in [3.05, 3.63) is 59.2 Å². The van der Waals surface area contributed by atoms with Crippen molar-refractivity contribution in [2.75, 3.05) is 13.7 Å². The third kappa shape index (κ3) is 6.06. The Morgan fingerprint density at radius 3 is 2.15 bits per heavy atom. The van der Waals surface area contributed by atoms with Crippen molar-refractivity contribution in [3.63, 3.8) is 0 Å². The van der Waals surface area contributed by atoms with Gasteiger partial charge in [0.05, 0.1) is 13.7 Å². The van der Waals surface area contributed by atoms with Crippen LogP contribution >= 0.6 is 0 Å². The fraction of sp³-hybridized carbons (Fsp3) is 0.478. The monoisotopic (exact) mass is 355 g/mol. The van der Waals surface area contributed by atoms with Crippen molar-refractivity contribution < 1.29 is 9.47 Å². The highest BCUT2D eigenvalue weighted by molar-refractivity contribution is 5.43. The molecule has 3 nitrogen and oxygen atoms in total. The highest BCUT2D eigenvalue weighted by Crippen LogP contribution is 2.28. The predicted octanol–water partition coefficient (Wildman–Crippen LogP) is 5.46. The quantitative estimate of drug-likeness (QED) is 0.606. The van der Waals surface area contributed by atoms with Crippen LogP contribution in [0.1, 0.15) is 57.2 Å². The van der Waals surface area contributed by atoms with E-state index in [-0.39, 0.29) is 5.41 Å². The van der Waals surface area contributed by atoms with Crippen molar-refractivity contribution >= 4 is 0 Å². The maximum absolute atomic E-state index is 5.79. The summed E-state index contributed by atoms with van der Waals surface area (Å²) in [5.41, 5.74) is 4.05. The Balaban J connectivity index is 1.89. The van der Waals surface area contributed by atoms with E-state index in [1.807, 2.05) is 6.07 Å². The first-order valence-electron chi connectivity index (χ1n) is 9.54. The number of rotatable bonds is 9. The number of ether oxygens (including phenoxy) is 2. The molecule has 0 fully saturated rings. The van der Waals surface area contributed by atoms with E-state index in [2.05, 4.69) is 69.4 Å². The number of hydrogen-bond donors (Lipinski definition) is 1. The molecule has 2 aromatic rings. The third-order valence-corrected chi connectivity index (χ3v) is 4.46. The normalized spacial score (nSPS) is 11.4. The van der Waals surface area contributed by atoms with Crippen molar-refractivity contribution in [2.45, 2.75) is 59.0 Å². The number of benzene rings is 2. The van der Waals surface area contributed by atoms with E-state index in [0.29, 0.717) is 0 Å². The maximum atomic E-state index is 5.79. The Labute approximate surface area is 158 Å². The summed E-state index contributed by atoms with van der Waals surface area (Å²) in [7, 11) is 1.69. The lowest BCUT2D eigenvalue weighted by molar-refractivity contribution is 0.288. The summed E-state index contributed by atoms with van der Waals surface area (Å²) >= 11 is 0. The summed E-state index contributed by atoms with van der Waals surface area (Å²) in [6.07, 6.45) is 2.18. The van der Waals surface area contributed by atoms with E-state index in [0.717, 1.165) is 44.0 Å². The molecule has 142 valence electrons. The molecular formula is C23H33NO2. The lowest BCUT2D eigenvalue weighted by Gasteiger charge is -2.19. The van der Waals surface area contributed by atoms with E-state index in [9.17, 15) is 0 Å². The van der Waals surface area contributed by atoms with Gasteiger partial charge in [-0.15, -0.1) is 0 Å². The van der Waals surface area contributed by atoms with Crippen LogP contribution in [0, 0.1) is 0 Å². The molecule has 0 amide bonds. The SMILES string of the molecule is CCCCOc1ccc(CNCc2ccc(C(C)(C)C)cc2)cc1OC. The predicted molar refractivity (Wildman–Crippen MR) is 109 cm³/mol. The van der Waals surface area contributed by atoms with E-state index in [1.165, 1.54) is 16.7 Å². The van der Waals surface area contributed by atoms with Gasteiger partial charge in [0.1, 0.15) is 0 Å². The van der Waals surface area contributed by atoms with Crippen LogP contribution in [0.4, 0.5) is 0 Å². The van der Waals surface area contributed by atoms with Gasteiger partial charge in [0, 0.05) is 13.1 Å². The first-order valence-corrected chi connectivity index (χ1v) is 9.54. The van der Waals surface area contributed by atoms with Crippen LogP contribution in [-0.4, -0.2) is 13.7 Å². The summed E-state index contributed by atoms with van der Waals surface area (Å²) in [6.45, 7) is 11.3. The molecule has 0 atom stereocenters. The van der Waals surface area contributed by atoms with Crippen molar-refractivity contribution in [2.24, 2.45) is 0 Å². The Morgan fingerprint density at radius 1 is 0.885 bits per heavy atom. The minimum absolute atomic E-state index is 0.198. The van der Waals surface area contributed by atoms with Crippen molar-refractivity contribution in [1.29, 1.82) is 0 Å². The Bertz CT molecular complexity index is 672. The first kappa shape index (κ1) is 20.3. The minimum atomic E-state index is 0.198. The van der Waals surface area contributed by atoms with Gasteiger partial charge in [0.2, 0.25) is 0 Å². The minimum Gasteiger partial charge on any atom is -0.493 e. The number of hydrogen-bond acceptors (Lipinski definition) is 3. The molecule has 0 radical (unpaired) electrons. The van der Waals surface area contributed by atoms with E-state index in [1.54, 1.807) is 7.11 Å². The molecule has 0 aliphatic heterocycles. The van der Waals surface area contributed by atoms with Gasteiger partial charge in [-0.2, -0.15) is 0 Å². The molecule has 2 aromatic carbocycles.